The van der Waals surface area contributed by atoms with Gasteiger partial charge in [0.2, 0.25) is 23.6 Å². The normalized spacial score (nSPS) is 21.3. The van der Waals surface area contributed by atoms with E-state index in [2.05, 4.69) is 31.1 Å². The van der Waals surface area contributed by atoms with Crippen molar-refractivity contribution in [2.24, 2.45) is 17.6 Å². The molecule has 43 heavy (non-hydrogen) atoms. The molecule has 4 atom stereocenters. The van der Waals surface area contributed by atoms with Gasteiger partial charge in [0.15, 0.2) is 12.1 Å². The van der Waals surface area contributed by atoms with Crippen LogP contribution in [0.1, 0.15) is 104 Å². The van der Waals surface area contributed by atoms with Crippen molar-refractivity contribution in [3.05, 3.63) is 24.4 Å². The van der Waals surface area contributed by atoms with Crippen molar-refractivity contribution >= 4 is 29.6 Å². The number of carbonyl (C=O) groups excluding carboxylic acids is 5. The van der Waals surface area contributed by atoms with Gasteiger partial charge in [-0.1, -0.05) is 98.0 Å². The van der Waals surface area contributed by atoms with Crippen LogP contribution in [0, 0.1) is 11.8 Å². The number of nitrogens with one attached hydrogen (secondary N) is 2. The van der Waals surface area contributed by atoms with Gasteiger partial charge in [-0.2, -0.15) is 0 Å². The number of unbranched alkanes of at least 4 members (excludes halogenated alkanes) is 9. The molecular weight excluding hydrogens is 552 g/mol. The predicted octanol–water partition coefficient (Wildman–Crippen LogP) is 3.25. The third-order valence-electron chi connectivity index (χ3n) is 7.64. The topological polar surface area (TPSA) is 168 Å². The number of esters is 1. The lowest BCUT2D eigenvalue weighted by atomic mass is 9.94. The SMILES string of the molecule is C=C1/C=C/C(=O)N(C)CC(=O)NC(C(O)C(N)=O)C(=O)OC(C(C)CCCCCCCCCCCCC(C)C)CC(=O)N1. The molecule has 11 nitrogen and oxygen atoms in total. The van der Waals surface area contributed by atoms with E-state index in [1.165, 1.54) is 64.5 Å². The molecule has 0 aromatic carbocycles. The van der Waals surface area contributed by atoms with Crippen LogP contribution in [0.25, 0.3) is 0 Å². The standard InChI is InChI=1S/C32H54N4O7/c1-22(2)16-14-12-10-8-6-7-9-11-13-15-17-23(3)25-20-26(37)34-24(4)18-19-28(39)36(5)21-27(38)35-29(32(42)43-25)30(40)31(33)41/h18-19,22-23,25,29-30,40H,4,6-17,20-21H2,1-3,5H3,(H2,33,41)(H,34,37)(H,35,38)/b19-18+. The number of hydrogen-bond acceptors (Lipinski definition) is 7. The molecule has 5 N–H and O–H groups in total. The summed E-state index contributed by atoms with van der Waals surface area (Å²) < 4.78 is 5.63. The van der Waals surface area contributed by atoms with Gasteiger partial charge in [0.1, 0.15) is 6.10 Å². The Morgan fingerprint density at radius 1 is 0.953 bits per heavy atom. The average molecular weight is 607 g/mol. The molecular formula is C32H54N4O7. The van der Waals surface area contributed by atoms with E-state index in [-0.39, 0.29) is 18.0 Å². The first-order valence-electron chi connectivity index (χ1n) is 15.7. The predicted molar refractivity (Wildman–Crippen MR) is 165 cm³/mol. The van der Waals surface area contributed by atoms with E-state index in [9.17, 15) is 29.1 Å². The van der Waals surface area contributed by atoms with Crippen LogP contribution in [0.4, 0.5) is 0 Å². The van der Waals surface area contributed by atoms with E-state index in [0.717, 1.165) is 36.2 Å². The molecule has 0 aromatic rings. The Bertz CT molecular complexity index is 965. The van der Waals surface area contributed by atoms with E-state index in [1.807, 2.05) is 6.92 Å². The molecule has 0 spiro atoms. The fraction of sp³-hybridized carbons (Fsp3) is 0.719. The zero-order valence-corrected chi connectivity index (χ0v) is 26.6. The number of primary amides is 1. The number of cyclic esters (lactones) is 1. The lowest BCUT2D eigenvalue weighted by Gasteiger charge is -2.28. The number of hydrogen-bond donors (Lipinski definition) is 4. The Kier molecular flexibility index (Phi) is 18.2. The quantitative estimate of drug-likeness (QED) is 0.154. The van der Waals surface area contributed by atoms with Gasteiger partial charge >= 0.3 is 5.97 Å². The summed E-state index contributed by atoms with van der Waals surface area (Å²) in [5, 5.41) is 15.1. The molecule has 0 radical (unpaired) electrons. The molecule has 1 aliphatic rings. The molecule has 4 unspecified atom stereocenters. The largest absolute Gasteiger partial charge is 0.460 e. The van der Waals surface area contributed by atoms with Gasteiger partial charge in [0.25, 0.3) is 0 Å². The Morgan fingerprint density at radius 2 is 1.49 bits per heavy atom. The lowest BCUT2D eigenvalue weighted by Crippen LogP contribution is -2.56. The summed E-state index contributed by atoms with van der Waals surface area (Å²) in [4.78, 5) is 63.5. The van der Waals surface area contributed by atoms with Crippen molar-refractivity contribution in [2.75, 3.05) is 13.6 Å². The molecule has 0 saturated carbocycles. The second-order valence-corrected chi connectivity index (χ2v) is 12.2. The van der Waals surface area contributed by atoms with Crippen molar-refractivity contribution in [3.8, 4) is 0 Å². The molecule has 0 saturated heterocycles. The van der Waals surface area contributed by atoms with Crippen LogP contribution in [0.15, 0.2) is 24.4 Å². The highest BCUT2D eigenvalue weighted by molar-refractivity contribution is 5.95. The van der Waals surface area contributed by atoms with Crippen LogP contribution in [0.3, 0.4) is 0 Å². The van der Waals surface area contributed by atoms with Gasteiger partial charge in [-0.05, 0) is 24.3 Å². The summed E-state index contributed by atoms with van der Waals surface area (Å²) in [5.41, 5.74) is 5.36. The zero-order valence-electron chi connectivity index (χ0n) is 26.6. The molecule has 4 amide bonds. The highest BCUT2D eigenvalue weighted by Gasteiger charge is 2.36. The minimum absolute atomic E-state index is 0.154. The fourth-order valence-electron chi connectivity index (χ4n) is 4.90. The number of ether oxygens (including phenoxy) is 1. The Morgan fingerprint density at radius 3 is 2.02 bits per heavy atom. The van der Waals surface area contributed by atoms with E-state index in [4.69, 9.17) is 10.5 Å². The molecule has 0 bridgehead atoms. The Labute approximate surface area is 257 Å². The Balaban J connectivity index is 2.77. The maximum absolute atomic E-state index is 13.1. The summed E-state index contributed by atoms with van der Waals surface area (Å²) in [7, 11) is 1.34. The fourth-order valence-corrected chi connectivity index (χ4v) is 4.90. The van der Waals surface area contributed by atoms with Crippen LogP contribution >= 0.6 is 0 Å². The van der Waals surface area contributed by atoms with Gasteiger partial charge in [0.05, 0.1) is 13.0 Å². The number of nitrogens with zero attached hydrogens (tertiary/aromatic N) is 1. The molecule has 244 valence electrons. The van der Waals surface area contributed by atoms with E-state index in [0.29, 0.717) is 6.42 Å². The van der Waals surface area contributed by atoms with Crippen LogP contribution in [-0.2, 0) is 28.7 Å². The molecule has 1 aliphatic heterocycles. The molecule has 1 heterocycles. The van der Waals surface area contributed by atoms with Crippen LogP contribution in [-0.4, -0.2) is 71.4 Å². The summed E-state index contributed by atoms with van der Waals surface area (Å²) in [6.45, 7) is 9.64. The monoisotopic (exact) mass is 606 g/mol. The van der Waals surface area contributed by atoms with Crippen molar-refractivity contribution < 1.29 is 33.8 Å². The third kappa shape index (κ3) is 16.3. The summed E-state index contributed by atoms with van der Waals surface area (Å²) in [6, 6.07) is -1.81. The van der Waals surface area contributed by atoms with Crippen molar-refractivity contribution in [2.45, 2.75) is 122 Å². The van der Waals surface area contributed by atoms with Gasteiger partial charge in [-0.3, -0.25) is 19.2 Å². The molecule has 0 aliphatic carbocycles. The van der Waals surface area contributed by atoms with E-state index in [1.54, 1.807) is 0 Å². The smallest absolute Gasteiger partial charge is 0.332 e. The number of rotatable bonds is 16. The minimum Gasteiger partial charge on any atom is -0.460 e. The van der Waals surface area contributed by atoms with Gasteiger partial charge in [-0.25, -0.2) is 4.79 Å². The second kappa shape index (κ2) is 20.7. The maximum atomic E-state index is 13.1. The number of allylic oxidation sites excluding steroid dienone is 1. The lowest BCUT2D eigenvalue weighted by molar-refractivity contribution is -0.162. The minimum atomic E-state index is -2.07. The van der Waals surface area contributed by atoms with Gasteiger partial charge < -0.3 is 31.1 Å². The van der Waals surface area contributed by atoms with E-state index >= 15 is 0 Å². The van der Waals surface area contributed by atoms with Crippen molar-refractivity contribution in [3.63, 3.8) is 0 Å². The first-order valence-corrected chi connectivity index (χ1v) is 15.7. The first-order chi connectivity index (χ1) is 20.3. The van der Waals surface area contributed by atoms with Gasteiger partial charge in [-0.15, -0.1) is 0 Å². The van der Waals surface area contributed by atoms with Crippen molar-refractivity contribution in [1.29, 1.82) is 0 Å². The van der Waals surface area contributed by atoms with Crippen LogP contribution < -0.4 is 16.4 Å². The summed E-state index contributed by atoms with van der Waals surface area (Å²) in [5.74, 6) is -3.68. The second-order valence-electron chi connectivity index (χ2n) is 12.2. The van der Waals surface area contributed by atoms with E-state index < -0.39 is 54.4 Å². The van der Waals surface area contributed by atoms with Crippen LogP contribution in [0.2, 0.25) is 0 Å². The average Bonchev–Trinajstić information content (AvgIpc) is 2.93. The molecule has 1 rings (SSSR count). The third-order valence-corrected chi connectivity index (χ3v) is 7.64. The first kappa shape index (κ1) is 37.8. The number of aliphatic hydroxyl groups excluding tert-OH is 1. The Hall–Kier alpha value is -3.21. The summed E-state index contributed by atoms with van der Waals surface area (Å²) in [6.07, 6.45) is 13.1. The van der Waals surface area contributed by atoms with Crippen LogP contribution in [0.5, 0.6) is 0 Å². The highest BCUT2D eigenvalue weighted by atomic mass is 16.5. The molecule has 0 aromatic heterocycles. The number of likely N-dealkylation sites (N-methyl/N-ethyl adjacent to an activating group) is 1. The number of amides is 4. The van der Waals surface area contributed by atoms with Gasteiger partial charge in [0, 0.05) is 18.8 Å². The highest BCUT2D eigenvalue weighted by Crippen LogP contribution is 2.21. The number of nitrogens with two attached hydrogens (primary N) is 1. The molecule has 11 heteroatoms. The maximum Gasteiger partial charge on any atom is 0.332 e. The zero-order chi connectivity index (χ0) is 32.4. The summed E-state index contributed by atoms with van der Waals surface area (Å²) >= 11 is 0. The number of carbonyl (C=O) groups is 5. The number of aliphatic hydroxyl groups is 1. The van der Waals surface area contributed by atoms with Crippen molar-refractivity contribution in [1.82, 2.24) is 15.5 Å². The molecule has 0 fully saturated rings.